The van der Waals surface area contributed by atoms with Gasteiger partial charge in [0, 0.05) is 27.9 Å². The molecule has 0 aromatic carbocycles. The van der Waals surface area contributed by atoms with Crippen LogP contribution in [0.5, 0.6) is 0 Å². The van der Waals surface area contributed by atoms with Crippen molar-refractivity contribution in [3.8, 4) is 0 Å². The summed E-state index contributed by atoms with van der Waals surface area (Å²) in [5, 5.41) is 39.1. The van der Waals surface area contributed by atoms with Gasteiger partial charge in [0.15, 0.2) is 12.6 Å². The van der Waals surface area contributed by atoms with E-state index in [0.717, 1.165) is 12.8 Å². The molecule has 2 rings (SSSR count). The molecule has 2 aliphatic heterocycles. The zero-order chi connectivity index (χ0) is 25.1. The topological polar surface area (TPSA) is 146 Å². The van der Waals surface area contributed by atoms with Gasteiger partial charge in [0.05, 0.1) is 13.2 Å². The molecule has 2 heterocycles. The Morgan fingerprint density at radius 2 is 1.44 bits per heavy atom. The van der Waals surface area contributed by atoms with E-state index >= 15 is 0 Å². The van der Waals surface area contributed by atoms with Gasteiger partial charge in [-0.15, -0.1) is 0 Å². The van der Waals surface area contributed by atoms with Gasteiger partial charge in [-0.05, 0) is 6.42 Å². The number of hydrogen-bond acceptors (Lipinski definition) is 11. The first-order valence-electron chi connectivity index (χ1n) is 12.2. The predicted molar refractivity (Wildman–Crippen MR) is 120 cm³/mol. The fraction of sp³-hybridized carbons (Fsp3) is 1.00. The Morgan fingerprint density at radius 3 is 2.06 bits per heavy atom. The maximum Gasteiger partial charge on any atom is 0.186 e. The van der Waals surface area contributed by atoms with Crippen LogP contribution in [0.2, 0.25) is 0 Å². The largest absolute Gasteiger partial charge is 0.394 e. The van der Waals surface area contributed by atoms with Crippen molar-refractivity contribution in [1.29, 1.82) is 0 Å². The molecule has 2 fully saturated rings. The van der Waals surface area contributed by atoms with E-state index in [9.17, 15) is 15.3 Å². The molecule has 10 atom stereocenters. The summed E-state index contributed by atoms with van der Waals surface area (Å²) in [6, 6.07) is 0. The summed E-state index contributed by atoms with van der Waals surface area (Å²) in [7, 11) is 4.62. The molecule has 0 radical (unpaired) electrons. The number of unbranched alkanes of at least 4 members (excludes halogenated alkanes) is 5. The van der Waals surface area contributed by atoms with Crippen LogP contribution in [0, 0.1) is 0 Å². The summed E-state index contributed by atoms with van der Waals surface area (Å²) in [4.78, 5) is 0. The average Bonchev–Trinajstić information content (AvgIpc) is 3.35. The number of rotatable bonds is 17. The number of hydrogen-bond donors (Lipinski definition) is 4. The molecule has 0 bridgehead atoms. The van der Waals surface area contributed by atoms with Crippen LogP contribution in [0.1, 0.15) is 45.4 Å². The predicted octanol–water partition coefficient (Wildman–Crippen LogP) is -0.0501. The standard InChI is InChI=1S/C23H44O11/c1-5-6-7-8-9-10-11-31-23-21(30-4)20(29-3)19(34-23)15(28-2)13-32-22-17(27)16(26)18(33-22)14(25)12-24/h14-27H,5-13H2,1-4H3/t14?,15?,16-,17-,18+,19+,20+,21-,22-,23-/m1/s1. The van der Waals surface area contributed by atoms with Crippen LogP contribution in [-0.4, -0.2) is 123 Å². The van der Waals surface area contributed by atoms with E-state index in [-0.39, 0.29) is 6.61 Å². The third-order valence-corrected chi connectivity index (χ3v) is 6.45. The highest BCUT2D eigenvalue weighted by atomic mass is 16.7. The lowest BCUT2D eigenvalue weighted by atomic mass is 10.1. The maximum atomic E-state index is 10.2. The third kappa shape index (κ3) is 7.78. The molecular weight excluding hydrogens is 452 g/mol. The van der Waals surface area contributed by atoms with Crippen molar-refractivity contribution in [2.24, 2.45) is 0 Å². The Labute approximate surface area is 202 Å². The van der Waals surface area contributed by atoms with Gasteiger partial charge in [-0.2, -0.15) is 0 Å². The molecule has 11 heteroatoms. The fourth-order valence-corrected chi connectivity index (χ4v) is 4.40. The van der Waals surface area contributed by atoms with Crippen LogP contribution in [-0.2, 0) is 33.2 Å². The molecule has 202 valence electrons. The molecule has 0 aromatic rings. The van der Waals surface area contributed by atoms with Gasteiger partial charge in [-0.3, -0.25) is 0 Å². The fourth-order valence-electron chi connectivity index (χ4n) is 4.40. The maximum absolute atomic E-state index is 10.2. The third-order valence-electron chi connectivity index (χ3n) is 6.45. The quantitative estimate of drug-likeness (QED) is 0.201. The first kappa shape index (κ1) is 29.8. The van der Waals surface area contributed by atoms with Crippen LogP contribution in [0.3, 0.4) is 0 Å². The molecule has 2 saturated heterocycles. The van der Waals surface area contributed by atoms with E-state index in [1.165, 1.54) is 32.8 Å². The Hall–Kier alpha value is -0.440. The molecule has 0 spiro atoms. The summed E-state index contributed by atoms with van der Waals surface area (Å²) in [6.45, 7) is 2.06. The number of aliphatic hydroxyl groups is 4. The average molecular weight is 497 g/mol. The number of methoxy groups -OCH3 is 3. The molecule has 0 amide bonds. The van der Waals surface area contributed by atoms with E-state index in [1.807, 2.05) is 0 Å². The van der Waals surface area contributed by atoms with Crippen molar-refractivity contribution in [2.45, 2.75) is 107 Å². The van der Waals surface area contributed by atoms with Crippen LogP contribution in [0.25, 0.3) is 0 Å². The summed E-state index contributed by atoms with van der Waals surface area (Å²) < 4.78 is 39.9. The molecule has 0 saturated carbocycles. The Balaban J connectivity index is 1.89. The van der Waals surface area contributed by atoms with Crippen LogP contribution < -0.4 is 0 Å². The molecule has 0 aliphatic carbocycles. The zero-order valence-corrected chi connectivity index (χ0v) is 20.8. The molecule has 34 heavy (non-hydrogen) atoms. The first-order valence-corrected chi connectivity index (χ1v) is 12.2. The van der Waals surface area contributed by atoms with Gasteiger partial charge in [0.1, 0.15) is 48.8 Å². The van der Waals surface area contributed by atoms with E-state index in [0.29, 0.717) is 6.61 Å². The minimum absolute atomic E-state index is 0.0575. The lowest BCUT2D eigenvalue weighted by Crippen LogP contribution is -2.45. The van der Waals surface area contributed by atoms with Crippen molar-refractivity contribution < 1.29 is 53.6 Å². The van der Waals surface area contributed by atoms with Crippen LogP contribution in [0.15, 0.2) is 0 Å². The van der Waals surface area contributed by atoms with E-state index in [4.69, 9.17) is 38.3 Å². The van der Waals surface area contributed by atoms with Gasteiger partial charge in [-0.25, -0.2) is 0 Å². The Kier molecular flexibility index (Phi) is 13.7. The summed E-state index contributed by atoms with van der Waals surface area (Å²) in [5.74, 6) is 0. The lowest BCUT2D eigenvalue weighted by molar-refractivity contribution is -0.216. The SMILES string of the molecule is CCCCCCCCO[C@@H]1O[C@@H](C(CO[C@@H]2O[C@@H](C(O)CO)[C@H](O)[C@H]2O)OC)[C@H](OC)[C@H]1OC. The number of aliphatic hydroxyl groups excluding tert-OH is 4. The van der Waals surface area contributed by atoms with Gasteiger partial charge < -0.3 is 53.6 Å². The van der Waals surface area contributed by atoms with Crippen molar-refractivity contribution in [2.75, 3.05) is 41.2 Å². The first-order chi connectivity index (χ1) is 16.4. The summed E-state index contributed by atoms with van der Waals surface area (Å²) in [6.07, 6.45) is -2.42. The highest BCUT2D eigenvalue weighted by molar-refractivity contribution is 4.95. The highest BCUT2D eigenvalue weighted by Crippen LogP contribution is 2.31. The smallest absolute Gasteiger partial charge is 0.186 e. The normalized spacial score (nSPS) is 35.6. The monoisotopic (exact) mass is 496 g/mol. The molecule has 2 aliphatic rings. The van der Waals surface area contributed by atoms with Crippen LogP contribution in [0.4, 0.5) is 0 Å². The minimum atomic E-state index is -1.40. The molecular formula is C23H44O11. The Bertz CT molecular complexity index is 539. The minimum Gasteiger partial charge on any atom is -0.394 e. The molecule has 11 nitrogen and oxygen atoms in total. The van der Waals surface area contributed by atoms with Crippen molar-refractivity contribution in [1.82, 2.24) is 0 Å². The van der Waals surface area contributed by atoms with Gasteiger partial charge in [0.25, 0.3) is 0 Å². The molecule has 0 aromatic heterocycles. The van der Waals surface area contributed by atoms with Crippen molar-refractivity contribution >= 4 is 0 Å². The zero-order valence-electron chi connectivity index (χ0n) is 20.8. The van der Waals surface area contributed by atoms with Crippen LogP contribution >= 0.6 is 0 Å². The second kappa shape index (κ2) is 15.6. The second-order valence-corrected chi connectivity index (χ2v) is 8.82. The Morgan fingerprint density at radius 1 is 0.794 bits per heavy atom. The van der Waals surface area contributed by atoms with Gasteiger partial charge in [0.2, 0.25) is 0 Å². The van der Waals surface area contributed by atoms with Gasteiger partial charge >= 0.3 is 0 Å². The van der Waals surface area contributed by atoms with E-state index in [2.05, 4.69) is 6.92 Å². The highest BCUT2D eigenvalue weighted by Gasteiger charge is 2.51. The molecule has 4 N–H and O–H groups in total. The van der Waals surface area contributed by atoms with Gasteiger partial charge in [-0.1, -0.05) is 39.0 Å². The van der Waals surface area contributed by atoms with E-state index in [1.54, 1.807) is 14.2 Å². The summed E-state index contributed by atoms with van der Waals surface area (Å²) in [5.41, 5.74) is 0. The number of ether oxygens (including phenoxy) is 7. The van der Waals surface area contributed by atoms with E-state index < -0.39 is 68.0 Å². The lowest BCUT2D eigenvalue weighted by Gasteiger charge is -2.28. The van der Waals surface area contributed by atoms with Crippen molar-refractivity contribution in [3.63, 3.8) is 0 Å². The van der Waals surface area contributed by atoms with Crippen molar-refractivity contribution in [3.05, 3.63) is 0 Å². The second-order valence-electron chi connectivity index (χ2n) is 8.82. The summed E-state index contributed by atoms with van der Waals surface area (Å²) >= 11 is 0. The molecule has 2 unspecified atom stereocenters.